The third-order valence-corrected chi connectivity index (χ3v) is 12.2. The Bertz CT molecular complexity index is 965. The maximum Gasteiger partial charge on any atom is 0.335 e. The normalized spacial score (nSPS) is 28.7. The second kappa shape index (κ2) is 16.2. The largest absolute Gasteiger partial charge is 0.481 e. The van der Waals surface area contributed by atoms with Crippen LogP contribution in [0.25, 0.3) is 0 Å². The first-order chi connectivity index (χ1) is 21.4. The maximum atomic E-state index is 12.9. The molecule has 7 heteroatoms. The highest BCUT2D eigenvalue weighted by Crippen LogP contribution is 2.44. The van der Waals surface area contributed by atoms with E-state index in [1.165, 1.54) is 128 Å². The minimum Gasteiger partial charge on any atom is -0.481 e. The molecule has 0 bridgehead atoms. The lowest BCUT2D eigenvalue weighted by Gasteiger charge is -2.47. The molecule has 5 aliphatic rings. The summed E-state index contributed by atoms with van der Waals surface area (Å²) in [5.74, 6) is -2.80. The molecule has 44 heavy (non-hydrogen) atoms. The summed E-state index contributed by atoms with van der Waals surface area (Å²) < 4.78 is 6.40. The van der Waals surface area contributed by atoms with Crippen molar-refractivity contribution in [2.45, 2.75) is 171 Å². The van der Waals surface area contributed by atoms with Crippen LogP contribution in [0.3, 0.4) is 0 Å². The molecule has 0 spiro atoms. The predicted octanol–water partition coefficient (Wildman–Crippen LogP) is 7.74. The van der Waals surface area contributed by atoms with E-state index in [-0.39, 0.29) is 5.57 Å². The van der Waals surface area contributed by atoms with Crippen LogP contribution in [-0.2, 0) is 14.3 Å². The molecule has 0 saturated heterocycles. The number of aliphatic carboxylic acids is 2. The summed E-state index contributed by atoms with van der Waals surface area (Å²) in [7, 11) is 1.63. The van der Waals surface area contributed by atoms with Crippen molar-refractivity contribution >= 4 is 11.9 Å². The second-order valence-corrected chi connectivity index (χ2v) is 14.6. The van der Waals surface area contributed by atoms with E-state index < -0.39 is 23.5 Å². The Morgan fingerprint density at radius 2 is 1.11 bits per heavy atom. The van der Waals surface area contributed by atoms with Crippen LogP contribution in [0.4, 0.5) is 0 Å². The number of methoxy groups -OCH3 is 1. The summed E-state index contributed by atoms with van der Waals surface area (Å²) in [4.78, 5) is 31.1. The number of hydrogen-bond donors (Lipinski definition) is 2. The van der Waals surface area contributed by atoms with Crippen LogP contribution in [0.5, 0.6) is 0 Å². The van der Waals surface area contributed by atoms with Gasteiger partial charge in [0, 0.05) is 44.4 Å². The standard InChI is InChI=1S/C37H60N2O5/c1-44-37(25-27-39(30-18-10-4-11-19-30)31-20-12-5-13-21-31)33(32(35(40)41)22-23-34(37)36(42)43)24-26-38(28-14-6-2-7-15-28)29-16-8-3-9-17-29/h22-23,28-31,34H,2-21,24-27H2,1H3,(H,40,41)(H,42,43). The van der Waals surface area contributed by atoms with Crippen molar-refractivity contribution in [2.75, 3.05) is 20.2 Å². The maximum absolute atomic E-state index is 12.9. The van der Waals surface area contributed by atoms with Gasteiger partial charge in [0.1, 0.15) is 11.5 Å². The van der Waals surface area contributed by atoms with Gasteiger partial charge in [-0.15, -0.1) is 0 Å². The fourth-order valence-electron chi connectivity index (χ4n) is 9.86. The van der Waals surface area contributed by atoms with Crippen molar-refractivity contribution in [2.24, 2.45) is 5.92 Å². The molecule has 0 amide bonds. The average molecular weight is 613 g/mol. The van der Waals surface area contributed by atoms with E-state index in [9.17, 15) is 19.8 Å². The van der Waals surface area contributed by atoms with Crippen LogP contribution < -0.4 is 0 Å². The molecule has 5 aliphatic carbocycles. The summed E-state index contributed by atoms with van der Waals surface area (Å²) in [6.07, 6.45) is 29.2. The van der Waals surface area contributed by atoms with Gasteiger partial charge in [0.2, 0.25) is 0 Å². The van der Waals surface area contributed by atoms with Gasteiger partial charge in [0.15, 0.2) is 0 Å². The molecular formula is C37H60N2O5. The van der Waals surface area contributed by atoms with E-state index >= 15 is 0 Å². The van der Waals surface area contributed by atoms with Gasteiger partial charge in [0.25, 0.3) is 0 Å². The lowest BCUT2D eigenvalue weighted by atomic mass is 9.71. The average Bonchev–Trinajstić information content (AvgIpc) is 3.06. The van der Waals surface area contributed by atoms with Crippen LogP contribution in [0.15, 0.2) is 23.3 Å². The molecule has 0 aromatic rings. The van der Waals surface area contributed by atoms with Gasteiger partial charge in [0.05, 0.1) is 5.57 Å². The van der Waals surface area contributed by atoms with E-state index in [1.807, 2.05) is 0 Å². The zero-order valence-electron chi connectivity index (χ0n) is 27.5. The fourth-order valence-corrected chi connectivity index (χ4v) is 9.86. The summed E-state index contributed by atoms with van der Waals surface area (Å²) in [5.41, 5.74) is -0.217. The van der Waals surface area contributed by atoms with E-state index in [4.69, 9.17) is 4.74 Å². The molecule has 5 rings (SSSR count). The SMILES string of the molecule is COC1(CCN(C2CCCCC2)C2CCCCC2)C(CCN(C2CCCCC2)C2CCCCC2)=C(C(=O)O)C=CC1C(=O)O. The molecule has 0 heterocycles. The van der Waals surface area contributed by atoms with Crippen molar-refractivity contribution < 1.29 is 24.5 Å². The number of rotatable bonds is 13. The summed E-state index contributed by atoms with van der Waals surface area (Å²) in [6, 6.07) is 2.14. The van der Waals surface area contributed by atoms with Crippen molar-refractivity contribution in [1.29, 1.82) is 0 Å². The van der Waals surface area contributed by atoms with Crippen LogP contribution in [0.2, 0.25) is 0 Å². The van der Waals surface area contributed by atoms with Crippen molar-refractivity contribution in [1.82, 2.24) is 9.80 Å². The predicted molar refractivity (Wildman–Crippen MR) is 175 cm³/mol. The molecule has 4 saturated carbocycles. The number of nitrogens with zero attached hydrogens (tertiary/aromatic N) is 2. The third-order valence-electron chi connectivity index (χ3n) is 12.2. The van der Waals surface area contributed by atoms with Gasteiger partial charge in [-0.1, -0.05) is 89.2 Å². The van der Waals surface area contributed by atoms with Crippen LogP contribution in [0.1, 0.15) is 141 Å². The van der Waals surface area contributed by atoms with Gasteiger partial charge >= 0.3 is 11.9 Å². The second-order valence-electron chi connectivity index (χ2n) is 14.6. The Kier molecular flexibility index (Phi) is 12.4. The molecule has 0 aliphatic heterocycles. The van der Waals surface area contributed by atoms with Crippen molar-refractivity contribution in [3.05, 3.63) is 23.3 Å². The van der Waals surface area contributed by atoms with Crippen LogP contribution in [-0.4, -0.2) is 81.9 Å². The smallest absolute Gasteiger partial charge is 0.335 e. The van der Waals surface area contributed by atoms with Gasteiger partial charge in [-0.25, -0.2) is 4.79 Å². The molecule has 4 fully saturated rings. The highest BCUT2D eigenvalue weighted by atomic mass is 16.5. The van der Waals surface area contributed by atoms with Gasteiger partial charge in [-0.2, -0.15) is 0 Å². The fraction of sp³-hybridized carbons (Fsp3) is 0.838. The van der Waals surface area contributed by atoms with Crippen LogP contribution >= 0.6 is 0 Å². The molecule has 0 radical (unpaired) electrons. The molecule has 248 valence electrons. The van der Waals surface area contributed by atoms with E-state index in [1.54, 1.807) is 19.3 Å². The molecule has 2 unspecified atom stereocenters. The van der Waals surface area contributed by atoms with Gasteiger partial charge in [-0.05, 0) is 69.8 Å². The Hall–Kier alpha value is -1.70. The molecule has 7 nitrogen and oxygen atoms in total. The third kappa shape index (κ3) is 7.81. The van der Waals surface area contributed by atoms with Crippen LogP contribution in [0, 0.1) is 5.92 Å². The van der Waals surface area contributed by atoms with Gasteiger partial charge in [-0.3, -0.25) is 14.6 Å². The molecule has 2 N–H and O–H groups in total. The number of hydrogen-bond acceptors (Lipinski definition) is 5. The molecule has 0 aromatic carbocycles. The zero-order chi connectivity index (χ0) is 30.9. The Labute approximate surface area is 266 Å². The Morgan fingerprint density at radius 1 is 0.705 bits per heavy atom. The molecule has 0 aromatic heterocycles. The summed E-state index contributed by atoms with van der Waals surface area (Å²) in [6.45, 7) is 1.54. The number of ether oxygens (including phenoxy) is 1. The molecular weight excluding hydrogens is 552 g/mol. The lowest BCUT2D eigenvalue weighted by molar-refractivity contribution is -0.150. The van der Waals surface area contributed by atoms with E-state index in [0.29, 0.717) is 42.6 Å². The van der Waals surface area contributed by atoms with Gasteiger partial charge < -0.3 is 14.9 Å². The summed E-state index contributed by atoms with van der Waals surface area (Å²) >= 11 is 0. The highest BCUT2D eigenvalue weighted by Gasteiger charge is 2.49. The first-order valence-corrected chi connectivity index (χ1v) is 18.4. The number of carboxylic acid groups (broad SMARTS) is 2. The van der Waals surface area contributed by atoms with E-state index in [0.717, 1.165) is 13.1 Å². The minimum atomic E-state index is -1.17. The highest BCUT2D eigenvalue weighted by molar-refractivity contribution is 5.93. The topological polar surface area (TPSA) is 90.3 Å². The minimum absolute atomic E-state index is 0.249. The summed E-state index contributed by atoms with van der Waals surface area (Å²) in [5, 5.41) is 21.0. The van der Waals surface area contributed by atoms with Crippen molar-refractivity contribution in [3.63, 3.8) is 0 Å². The monoisotopic (exact) mass is 612 g/mol. The quantitative estimate of drug-likeness (QED) is 0.220. The number of carboxylic acids is 2. The van der Waals surface area contributed by atoms with E-state index in [2.05, 4.69) is 9.80 Å². The Morgan fingerprint density at radius 3 is 1.48 bits per heavy atom. The first kappa shape index (κ1) is 33.7. The molecule has 2 atom stereocenters. The lowest BCUT2D eigenvalue weighted by Crippen LogP contribution is -2.53. The zero-order valence-corrected chi connectivity index (χ0v) is 27.5. The Balaban J connectivity index is 1.45. The van der Waals surface area contributed by atoms with Crippen molar-refractivity contribution in [3.8, 4) is 0 Å². The first-order valence-electron chi connectivity index (χ1n) is 18.4. The number of carbonyl (C=O) groups is 2.